The lowest BCUT2D eigenvalue weighted by atomic mass is 9.88. The Bertz CT molecular complexity index is 353. The highest BCUT2D eigenvalue weighted by molar-refractivity contribution is 6.31. The lowest BCUT2D eigenvalue weighted by Crippen LogP contribution is -2.31. The summed E-state index contributed by atoms with van der Waals surface area (Å²) in [6.45, 7) is 4.17. The van der Waals surface area contributed by atoms with E-state index < -0.39 is 0 Å². The van der Waals surface area contributed by atoms with Gasteiger partial charge in [-0.1, -0.05) is 29.3 Å². The van der Waals surface area contributed by atoms with Crippen molar-refractivity contribution >= 4 is 11.6 Å². The minimum Gasteiger partial charge on any atom is -0.327 e. The third kappa shape index (κ3) is 1.45. The van der Waals surface area contributed by atoms with E-state index >= 15 is 0 Å². The fraction of sp³-hybridized carbons (Fsp3) is 0.500. The molecule has 0 radical (unpaired) electrons. The highest BCUT2D eigenvalue weighted by atomic mass is 35.5. The maximum absolute atomic E-state index is 6.21. The molecule has 0 aliphatic heterocycles. The summed E-state index contributed by atoms with van der Waals surface area (Å²) >= 11 is 6.21. The van der Waals surface area contributed by atoms with E-state index in [2.05, 4.69) is 19.9 Å². The van der Waals surface area contributed by atoms with E-state index in [0.717, 1.165) is 5.02 Å². The largest absolute Gasteiger partial charge is 0.327 e. The van der Waals surface area contributed by atoms with Crippen LogP contribution in [-0.4, -0.2) is 6.04 Å². The molecular weight excluding hydrogens is 194 g/mol. The molecular formula is C12H16ClN. The van der Waals surface area contributed by atoms with Crippen molar-refractivity contribution in [3.8, 4) is 0 Å². The molecule has 0 saturated heterocycles. The SMILES string of the molecule is Cc1ccc(Cl)c(C2(C(C)N)CC2)c1. The Morgan fingerprint density at radius 1 is 1.43 bits per heavy atom. The van der Waals surface area contributed by atoms with E-state index in [1.165, 1.54) is 24.0 Å². The first-order chi connectivity index (χ1) is 6.56. The second-order valence-corrected chi connectivity index (χ2v) is 4.84. The van der Waals surface area contributed by atoms with Crippen molar-refractivity contribution in [2.45, 2.75) is 38.1 Å². The summed E-state index contributed by atoms with van der Waals surface area (Å²) in [4.78, 5) is 0. The van der Waals surface area contributed by atoms with Crippen molar-refractivity contribution in [2.24, 2.45) is 5.73 Å². The monoisotopic (exact) mass is 209 g/mol. The molecule has 2 heteroatoms. The van der Waals surface area contributed by atoms with Crippen molar-refractivity contribution in [2.75, 3.05) is 0 Å². The fourth-order valence-electron chi connectivity index (χ4n) is 2.13. The predicted molar refractivity (Wildman–Crippen MR) is 60.8 cm³/mol. The summed E-state index contributed by atoms with van der Waals surface area (Å²) in [5, 5.41) is 0.866. The van der Waals surface area contributed by atoms with Crippen LogP contribution in [0.3, 0.4) is 0 Å². The van der Waals surface area contributed by atoms with Gasteiger partial charge in [0.05, 0.1) is 0 Å². The topological polar surface area (TPSA) is 26.0 Å². The maximum Gasteiger partial charge on any atom is 0.0444 e. The average molecular weight is 210 g/mol. The van der Waals surface area contributed by atoms with Crippen LogP contribution in [0.2, 0.25) is 5.02 Å². The molecule has 0 spiro atoms. The normalized spacial score (nSPS) is 20.6. The number of rotatable bonds is 2. The van der Waals surface area contributed by atoms with Gasteiger partial charge in [0.25, 0.3) is 0 Å². The zero-order valence-electron chi connectivity index (χ0n) is 8.68. The lowest BCUT2D eigenvalue weighted by molar-refractivity contribution is 0.556. The maximum atomic E-state index is 6.21. The van der Waals surface area contributed by atoms with Crippen LogP contribution in [0, 0.1) is 6.92 Å². The highest BCUT2D eigenvalue weighted by Gasteiger charge is 2.48. The summed E-state index contributed by atoms with van der Waals surface area (Å²) in [6, 6.07) is 6.40. The van der Waals surface area contributed by atoms with E-state index in [1.54, 1.807) is 0 Å². The number of benzene rings is 1. The second kappa shape index (κ2) is 3.25. The minimum atomic E-state index is 0.170. The Morgan fingerprint density at radius 3 is 2.57 bits per heavy atom. The van der Waals surface area contributed by atoms with Gasteiger partial charge in [-0.05, 0) is 38.3 Å². The van der Waals surface area contributed by atoms with Crippen LogP contribution in [-0.2, 0) is 5.41 Å². The van der Waals surface area contributed by atoms with E-state index in [9.17, 15) is 0 Å². The van der Waals surface area contributed by atoms with Gasteiger partial charge in [-0.15, -0.1) is 0 Å². The molecule has 1 aromatic carbocycles. The van der Waals surface area contributed by atoms with Crippen LogP contribution in [0.5, 0.6) is 0 Å². The van der Waals surface area contributed by atoms with Gasteiger partial charge in [0.15, 0.2) is 0 Å². The zero-order valence-corrected chi connectivity index (χ0v) is 9.43. The molecule has 1 saturated carbocycles. The summed E-state index contributed by atoms with van der Waals surface area (Å²) in [5.41, 5.74) is 8.70. The smallest absolute Gasteiger partial charge is 0.0444 e. The van der Waals surface area contributed by atoms with Crippen molar-refractivity contribution in [3.63, 3.8) is 0 Å². The quantitative estimate of drug-likeness (QED) is 0.796. The van der Waals surface area contributed by atoms with E-state index in [1.807, 2.05) is 12.1 Å². The molecule has 14 heavy (non-hydrogen) atoms. The van der Waals surface area contributed by atoms with Gasteiger partial charge in [-0.25, -0.2) is 0 Å². The molecule has 76 valence electrons. The van der Waals surface area contributed by atoms with Gasteiger partial charge >= 0.3 is 0 Å². The molecule has 2 N–H and O–H groups in total. The third-order valence-corrected chi connectivity index (χ3v) is 3.65. The van der Waals surface area contributed by atoms with Crippen molar-refractivity contribution in [3.05, 3.63) is 34.3 Å². The summed E-state index contributed by atoms with van der Waals surface area (Å²) in [7, 11) is 0. The average Bonchev–Trinajstić information content (AvgIpc) is 2.90. The molecule has 2 rings (SSSR count). The first kappa shape index (κ1) is 10.0. The summed E-state index contributed by atoms with van der Waals surface area (Å²) in [5.74, 6) is 0. The molecule has 0 amide bonds. The van der Waals surface area contributed by atoms with Crippen molar-refractivity contribution in [1.82, 2.24) is 0 Å². The van der Waals surface area contributed by atoms with Gasteiger partial charge < -0.3 is 5.73 Å². The molecule has 1 nitrogen and oxygen atoms in total. The van der Waals surface area contributed by atoms with Gasteiger partial charge in [-0.2, -0.15) is 0 Å². The van der Waals surface area contributed by atoms with Gasteiger partial charge in [-0.3, -0.25) is 0 Å². The molecule has 1 aromatic rings. The van der Waals surface area contributed by atoms with Gasteiger partial charge in [0, 0.05) is 16.5 Å². The molecule has 1 unspecified atom stereocenters. The zero-order chi connectivity index (χ0) is 10.3. The number of hydrogen-bond donors (Lipinski definition) is 1. The highest BCUT2D eigenvalue weighted by Crippen LogP contribution is 2.52. The Hall–Kier alpha value is -0.530. The second-order valence-electron chi connectivity index (χ2n) is 4.43. The van der Waals surface area contributed by atoms with E-state index in [-0.39, 0.29) is 11.5 Å². The predicted octanol–water partition coefficient (Wildman–Crippen LogP) is 3.03. The number of aryl methyl sites for hydroxylation is 1. The molecule has 0 aromatic heterocycles. The minimum absolute atomic E-state index is 0.170. The number of halogens is 1. The standard InChI is InChI=1S/C12H16ClN/c1-8-3-4-11(13)10(7-8)12(5-6-12)9(2)14/h3-4,7,9H,5-6,14H2,1-2H3. The first-order valence-corrected chi connectivity index (χ1v) is 5.46. The lowest BCUT2D eigenvalue weighted by Gasteiger charge is -2.21. The van der Waals surface area contributed by atoms with Crippen LogP contribution < -0.4 is 5.73 Å². The van der Waals surface area contributed by atoms with Crippen LogP contribution in [0.15, 0.2) is 18.2 Å². The fourth-order valence-corrected chi connectivity index (χ4v) is 2.43. The molecule has 1 aliphatic carbocycles. The van der Waals surface area contributed by atoms with Crippen LogP contribution >= 0.6 is 11.6 Å². The van der Waals surface area contributed by atoms with Crippen LogP contribution in [0.4, 0.5) is 0 Å². The van der Waals surface area contributed by atoms with Crippen molar-refractivity contribution in [1.29, 1.82) is 0 Å². The summed E-state index contributed by atoms with van der Waals surface area (Å²) < 4.78 is 0. The van der Waals surface area contributed by atoms with E-state index in [4.69, 9.17) is 17.3 Å². The van der Waals surface area contributed by atoms with Crippen LogP contribution in [0.25, 0.3) is 0 Å². The van der Waals surface area contributed by atoms with Gasteiger partial charge in [0.2, 0.25) is 0 Å². The number of nitrogens with two attached hydrogens (primary N) is 1. The van der Waals surface area contributed by atoms with Crippen molar-refractivity contribution < 1.29 is 0 Å². The molecule has 0 bridgehead atoms. The van der Waals surface area contributed by atoms with Crippen LogP contribution in [0.1, 0.15) is 30.9 Å². The molecule has 1 fully saturated rings. The Balaban J connectivity index is 2.46. The van der Waals surface area contributed by atoms with E-state index in [0.29, 0.717) is 0 Å². The molecule has 1 aliphatic rings. The Labute approximate surface area is 90.3 Å². The Morgan fingerprint density at radius 2 is 2.07 bits per heavy atom. The third-order valence-electron chi connectivity index (χ3n) is 3.32. The molecule has 1 atom stereocenters. The molecule has 0 heterocycles. The number of hydrogen-bond acceptors (Lipinski definition) is 1. The Kier molecular flexibility index (Phi) is 2.32. The summed E-state index contributed by atoms with van der Waals surface area (Å²) in [6.07, 6.45) is 2.35. The first-order valence-electron chi connectivity index (χ1n) is 5.08. The van der Waals surface area contributed by atoms with Gasteiger partial charge in [0.1, 0.15) is 0 Å².